The number of hydrogen-bond acceptors (Lipinski definition) is 6. The summed E-state index contributed by atoms with van der Waals surface area (Å²) in [6, 6.07) is 8.62. The number of ether oxygens (including phenoxy) is 1. The average Bonchev–Trinajstić information content (AvgIpc) is 2.67. The van der Waals surface area contributed by atoms with Gasteiger partial charge in [-0.1, -0.05) is 35.3 Å². The lowest BCUT2D eigenvalue weighted by Gasteiger charge is -2.13. The number of anilines is 1. The minimum Gasteiger partial charge on any atom is -0.452 e. The standard InChI is InChI=1S/C19H19Cl2N3O6S/c1-11(2)22-19(27)23-17(25)10-30-18(26)13-5-3-4-6-15(13)24-31(28,29)16-9-12(20)7-8-14(16)21/h3-9,11,24H,10H2,1-2H3,(H2,22,23,25,27). The highest BCUT2D eigenvalue weighted by Crippen LogP contribution is 2.28. The van der Waals surface area contributed by atoms with Crippen LogP contribution in [0.3, 0.4) is 0 Å². The van der Waals surface area contributed by atoms with E-state index in [9.17, 15) is 22.8 Å². The summed E-state index contributed by atoms with van der Waals surface area (Å²) >= 11 is 11.8. The van der Waals surface area contributed by atoms with Gasteiger partial charge < -0.3 is 10.1 Å². The maximum Gasteiger partial charge on any atom is 0.340 e. The monoisotopic (exact) mass is 487 g/mol. The first-order valence-corrected chi connectivity index (χ1v) is 11.1. The first kappa shape index (κ1) is 24.4. The van der Waals surface area contributed by atoms with E-state index < -0.39 is 34.5 Å². The molecule has 0 aliphatic carbocycles. The number of carbonyl (C=O) groups excluding carboxylic acids is 3. The molecule has 0 bridgehead atoms. The first-order chi connectivity index (χ1) is 14.5. The fraction of sp³-hybridized carbons (Fsp3) is 0.211. The van der Waals surface area contributed by atoms with Crippen LogP contribution in [0, 0.1) is 0 Å². The van der Waals surface area contributed by atoms with E-state index in [-0.39, 0.29) is 32.2 Å². The topological polar surface area (TPSA) is 131 Å². The summed E-state index contributed by atoms with van der Waals surface area (Å²) in [6.07, 6.45) is 0. The van der Waals surface area contributed by atoms with Gasteiger partial charge in [0, 0.05) is 11.1 Å². The van der Waals surface area contributed by atoms with Crippen molar-refractivity contribution in [3.63, 3.8) is 0 Å². The van der Waals surface area contributed by atoms with Crippen LogP contribution in [0.15, 0.2) is 47.4 Å². The van der Waals surface area contributed by atoms with Gasteiger partial charge >= 0.3 is 12.0 Å². The zero-order valence-electron chi connectivity index (χ0n) is 16.4. The molecule has 0 saturated heterocycles. The first-order valence-electron chi connectivity index (χ1n) is 8.84. The summed E-state index contributed by atoms with van der Waals surface area (Å²) in [4.78, 5) is 35.4. The van der Waals surface area contributed by atoms with Crippen LogP contribution in [-0.2, 0) is 19.6 Å². The van der Waals surface area contributed by atoms with E-state index in [0.717, 1.165) is 0 Å². The Morgan fingerprint density at radius 2 is 1.74 bits per heavy atom. The Hall–Kier alpha value is -2.82. The van der Waals surface area contributed by atoms with Gasteiger partial charge in [-0.05, 0) is 44.2 Å². The largest absolute Gasteiger partial charge is 0.452 e. The predicted molar refractivity (Wildman–Crippen MR) is 116 cm³/mol. The van der Waals surface area contributed by atoms with Crippen molar-refractivity contribution in [3.05, 3.63) is 58.1 Å². The van der Waals surface area contributed by atoms with E-state index in [0.29, 0.717) is 0 Å². The molecule has 0 radical (unpaired) electrons. The molecule has 0 aliphatic rings. The number of nitrogens with one attached hydrogen (secondary N) is 3. The lowest BCUT2D eigenvalue weighted by Crippen LogP contribution is -2.44. The number of hydrogen-bond donors (Lipinski definition) is 3. The Morgan fingerprint density at radius 3 is 2.42 bits per heavy atom. The summed E-state index contributed by atoms with van der Waals surface area (Å²) in [5, 5.41) is 4.54. The van der Waals surface area contributed by atoms with Crippen molar-refractivity contribution < 1.29 is 27.5 Å². The third-order valence-electron chi connectivity index (χ3n) is 3.58. The summed E-state index contributed by atoms with van der Waals surface area (Å²) < 4.78 is 32.6. The van der Waals surface area contributed by atoms with Crippen LogP contribution in [0.4, 0.5) is 10.5 Å². The third-order valence-corrected chi connectivity index (χ3v) is 5.66. The number of para-hydroxylation sites is 1. The highest BCUT2D eigenvalue weighted by atomic mass is 35.5. The van der Waals surface area contributed by atoms with Crippen molar-refractivity contribution in [1.82, 2.24) is 10.6 Å². The summed E-state index contributed by atoms with van der Waals surface area (Å²) in [5.74, 6) is -1.83. The quantitative estimate of drug-likeness (QED) is 0.514. The van der Waals surface area contributed by atoms with Gasteiger partial charge in [0.2, 0.25) is 0 Å². The van der Waals surface area contributed by atoms with Gasteiger partial charge in [-0.15, -0.1) is 0 Å². The molecule has 2 aromatic rings. The zero-order valence-corrected chi connectivity index (χ0v) is 18.8. The van der Waals surface area contributed by atoms with Crippen LogP contribution in [0.2, 0.25) is 10.0 Å². The number of urea groups is 1. The van der Waals surface area contributed by atoms with Gasteiger partial charge in [-0.25, -0.2) is 18.0 Å². The number of halogens is 2. The minimum absolute atomic E-state index is 0.0618. The predicted octanol–water partition coefficient (Wildman–Crippen LogP) is 3.19. The van der Waals surface area contributed by atoms with Crippen molar-refractivity contribution in [2.45, 2.75) is 24.8 Å². The molecule has 0 atom stereocenters. The molecule has 0 heterocycles. The molecule has 0 saturated carbocycles. The molecule has 0 aliphatic heterocycles. The van der Waals surface area contributed by atoms with Crippen molar-refractivity contribution in [3.8, 4) is 0 Å². The van der Waals surface area contributed by atoms with Crippen LogP contribution in [-0.4, -0.2) is 39.0 Å². The lowest BCUT2D eigenvalue weighted by molar-refractivity contribution is -0.123. The van der Waals surface area contributed by atoms with Crippen LogP contribution < -0.4 is 15.4 Å². The summed E-state index contributed by atoms with van der Waals surface area (Å²) in [7, 11) is -4.19. The molecule has 2 rings (SSSR count). The SMILES string of the molecule is CC(C)NC(=O)NC(=O)COC(=O)c1ccccc1NS(=O)(=O)c1cc(Cl)ccc1Cl. The number of benzene rings is 2. The third kappa shape index (κ3) is 7.12. The van der Waals surface area contributed by atoms with Gasteiger partial charge in [0.1, 0.15) is 4.90 Å². The van der Waals surface area contributed by atoms with Crippen molar-refractivity contribution in [2.75, 3.05) is 11.3 Å². The van der Waals surface area contributed by atoms with Crippen molar-refractivity contribution in [1.29, 1.82) is 0 Å². The van der Waals surface area contributed by atoms with Gasteiger partial charge in [0.05, 0.1) is 16.3 Å². The molecule has 9 nitrogen and oxygen atoms in total. The second-order valence-electron chi connectivity index (χ2n) is 6.48. The maximum absolute atomic E-state index is 12.7. The molecule has 0 spiro atoms. The second-order valence-corrected chi connectivity index (χ2v) is 8.97. The van der Waals surface area contributed by atoms with Gasteiger partial charge in [-0.3, -0.25) is 14.8 Å². The Bertz CT molecular complexity index is 1110. The van der Waals surface area contributed by atoms with E-state index in [4.69, 9.17) is 27.9 Å². The molecule has 0 aromatic heterocycles. The Balaban J connectivity index is 2.13. The van der Waals surface area contributed by atoms with Crippen molar-refractivity contribution >= 4 is 56.8 Å². The molecule has 3 N–H and O–H groups in total. The molecule has 0 fully saturated rings. The van der Waals surface area contributed by atoms with E-state index in [1.807, 2.05) is 5.32 Å². The van der Waals surface area contributed by atoms with Gasteiger partial charge in [0.25, 0.3) is 15.9 Å². The van der Waals surface area contributed by atoms with Gasteiger partial charge in [-0.2, -0.15) is 0 Å². The molecule has 31 heavy (non-hydrogen) atoms. The molecule has 2 aromatic carbocycles. The normalized spacial score (nSPS) is 11.0. The number of amides is 3. The number of imide groups is 1. The van der Waals surface area contributed by atoms with Crippen LogP contribution in [0.1, 0.15) is 24.2 Å². The number of rotatable bonds is 7. The highest BCUT2D eigenvalue weighted by Gasteiger charge is 2.22. The van der Waals surface area contributed by atoms with E-state index >= 15 is 0 Å². The fourth-order valence-corrected chi connectivity index (χ4v) is 4.15. The lowest BCUT2D eigenvalue weighted by atomic mass is 10.2. The average molecular weight is 488 g/mol. The Labute approximate surface area is 189 Å². The van der Waals surface area contributed by atoms with E-state index in [1.165, 1.54) is 42.5 Å². The summed E-state index contributed by atoms with van der Waals surface area (Å²) in [5.41, 5.74) is -0.245. The van der Waals surface area contributed by atoms with Crippen LogP contribution >= 0.6 is 23.2 Å². The number of carbonyl (C=O) groups is 3. The van der Waals surface area contributed by atoms with Crippen molar-refractivity contribution in [2.24, 2.45) is 0 Å². The molecular weight excluding hydrogens is 469 g/mol. The summed E-state index contributed by atoms with van der Waals surface area (Å²) in [6.45, 7) is 2.67. The number of sulfonamides is 1. The Kier molecular flexibility index (Phi) is 8.26. The van der Waals surface area contributed by atoms with Crippen LogP contribution in [0.25, 0.3) is 0 Å². The van der Waals surface area contributed by atoms with Crippen LogP contribution in [0.5, 0.6) is 0 Å². The second kappa shape index (κ2) is 10.5. The molecule has 3 amide bonds. The fourth-order valence-electron chi connectivity index (χ4n) is 2.30. The molecule has 12 heteroatoms. The molecule has 166 valence electrons. The van der Waals surface area contributed by atoms with E-state index in [2.05, 4.69) is 10.0 Å². The zero-order chi connectivity index (χ0) is 23.2. The molecular formula is C19H19Cl2N3O6S. The maximum atomic E-state index is 12.7. The van der Waals surface area contributed by atoms with E-state index in [1.54, 1.807) is 13.8 Å². The minimum atomic E-state index is -4.19. The highest BCUT2D eigenvalue weighted by molar-refractivity contribution is 7.92. The smallest absolute Gasteiger partial charge is 0.340 e. The Morgan fingerprint density at radius 1 is 1.06 bits per heavy atom. The molecule has 0 unspecified atom stereocenters. The number of esters is 1. The van der Waals surface area contributed by atoms with Gasteiger partial charge in [0.15, 0.2) is 6.61 Å².